The maximum absolute atomic E-state index is 12.2. The predicted octanol–water partition coefficient (Wildman–Crippen LogP) is 0.929. The summed E-state index contributed by atoms with van der Waals surface area (Å²) in [6.45, 7) is 6.39. The average molecular weight is 268 g/mol. The van der Waals surface area contributed by atoms with Crippen LogP contribution in [0, 0.1) is 5.92 Å². The van der Waals surface area contributed by atoms with Crippen LogP contribution in [0.15, 0.2) is 0 Å². The second-order valence-corrected chi connectivity index (χ2v) is 5.59. The van der Waals surface area contributed by atoms with Crippen LogP contribution < -0.4 is 5.32 Å². The summed E-state index contributed by atoms with van der Waals surface area (Å²) in [5.74, 6) is 0.508. The van der Waals surface area contributed by atoms with Crippen LogP contribution in [-0.4, -0.2) is 48.6 Å². The minimum Gasteiger partial charge on any atom is -0.381 e. The van der Waals surface area contributed by atoms with E-state index in [9.17, 15) is 9.59 Å². The highest BCUT2D eigenvalue weighted by Crippen LogP contribution is 2.19. The van der Waals surface area contributed by atoms with Gasteiger partial charge in [-0.15, -0.1) is 0 Å². The van der Waals surface area contributed by atoms with Crippen molar-refractivity contribution in [1.29, 1.82) is 0 Å². The van der Waals surface area contributed by atoms with Crippen molar-refractivity contribution >= 4 is 11.8 Å². The molecule has 0 saturated carbocycles. The molecule has 0 aromatic heterocycles. The van der Waals surface area contributed by atoms with Gasteiger partial charge in [0.1, 0.15) is 0 Å². The van der Waals surface area contributed by atoms with Crippen molar-refractivity contribution in [2.24, 2.45) is 5.92 Å². The van der Waals surface area contributed by atoms with E-state index in [2.05, 4.69) is 5.32 Å². The fraction of sp³-hybridized carbons (Fsp3) is 0.857. The Hall–Kier alpha value is -0.940. The SMILES string of the molecule is CCC(C)N1C(=O)CC(NCCC2CCOC2)C1=O. The second-order valence-electron chi connectivity index (χ2n) is 5.59. The van der Waals surface area contributed by atoms with Gasteiger partial charge in [-0.25, -0.2) is 0 Å². The Bertz CT molecular complexity index is 340. The lowest BCUT2D eigenvalue weighted by Crippen LogP contribution is -2.43. The molecule has 2 amide bonds. The number of nitrogens with zero attached hydrogens (tertiary/aromatic N) is 1. The quantitative estimate of drug-likeness (QED) is 0.728. The topological polar surface area (TPSA) is 58.6 Å². The van der Waals surface area contributed by atoms with Crippen LogP contribution in [0.2, 0.25) is 0 Å². The van der Waals surface area contributed by atoms with Crippen molar-refractivity contribution in [3.63, 3.8) is 0 Å². The fourth-order valence-corrected chi connectivity index (χ4v) is 2.73. The zero-order valence-corrected chi connectivity index (χ0v) is 11.9. The molecule has 0 radical (unpaired) electrons. The highest BCUT2D eigenvalue weighted by molar-refractivity contribution is 6.05. The number of hydrogen-bond acceptors (Lipinski definition) is 4. The highest BCUT2D eigenvalue weighted by Gasteiger charge is 2.40. The first-order valence-corrected chi connectivity index (χ1v) is 7.30. The fourth-order valence-electron chi connectivity index (χ4n) is 2.73. The van der Waals surface area contributed by atoms with Crippen molar-refractivity contribution in [2.75, 3.05) is 19.8 Å². The first-order chi connectivity index (χ1) is 9.13. The van der Waals surface area contributed by atoms with Crippen LogP contribution in [0.25, 0.3) is 0 Å². The van der Waals surface area contributed by atoms with Crippen LogP contribution in [0.4, 0.5) is 0 Å². The van der Waals surface area contributed by atoms with Gasteiger partial charge in [-0.2, -0.15) is 0 Å². The Balaban J connectivity index is 1.78. The molecule has 108 valence electrons. The van der Waals surface area contributed by atoms with E-state index in [4.69, 9.17) is 4.74 Å². The van der Waals surface area contributed by atoms with Gasteiger partial charge in [0.15, 0.2) is 0 Å². The van der Waals surface area contributed by atoms with E-state index >= 15 is 0 Å². The Labute approximate surface area is 114 Å². The minimum atomic E-state index is -0.316. The Morgan fingerprint density at radius 1 is 1.47 bits per heavy atom. The van der Waals surface area contributed by atoms with Crippen molar-refractivity contribution < 1.29 is 14.3 Å². The number of rotatable bonds is 6. The zero-order chi connectivity index (χ0) is 13.8. The molecule has 0 aromatic carbocycles. The van der Waals surface area contributed by atoms with E-state index in [1.54, 1.807) is 0 Å². The Morgan fingerprint density at radius 2 is 2.26 bits per heavy atom. The second kappa shape index (κ2) is 6.48. The summed E-state index contributed by atoms with van der Waals surface area (Å²) < 4.78 is 5.32. The third kappa shape index (κ3) is 3.34. The van der Waals surface area contributed by atoms with E-state index in [-0.39, 0.29) is 23.9 Å². The summed E-state index contributed by atoms with van der Waals surface area (Å²) in [7, 11) is 0. The van der Waals surface area contributed by atoms with E-state index < -0.39 is 0 Å². The summed E-state index contributed by atoms with van der Waals surface area (Å²) in [6, 6.07) is -0.307. The van der Waals surface area contributed by atoms with E-state index in [1.807, 2.05) is 13.8 Å². The number of hydrogen-bond donors (Lipinski definition) is 1. The normalized spacial score (nSPS) is 29.3. The number of ether oxygens (including phenoxy) is 1. The predicted molar refractivity (Wildman–Crippen MR) is 71.6 cm³/mol. The molecule has 2 aliphatic rings. The monoisotopic (exact) mass is 268 g/mol. The maximum atomic E-state index is 12.2. The molecule has 0 spiro atoms. The summed E-state index contributed by atoms with van der Waals surface area (Å²) in [4.78, 5) is 25.4. The first-order valence-electron chi connectivity index (χ1n) is 7.30. The van der Waals surface area contributed by atoms with Gasteiger partial charge >= 0.3 is 0 Å². The molecule has 1 N–H and O–H groups in total. The molecule has 2 rings (SSSR count). The maximum Gasteiger partial charge on any atom is 0.247 e. The van der Waals surface area contributed by atoms with Gasteiger partial charge in [-0.3, -0.25) is 14.5 Å². The van der Waals surface area contributed by atoms with Gasteiger partial charge < -0.3 is 10.1 Å². The largest absolute Gasteiger partial charge is 0.381 e. The molecule has 19 heavy (non-hydrogen) atoms. The Kier molecular flexibility index (Phi) is 4.93. The number of nitrogens with one attached hydrogen (secondary N) is 1. The van der Waals surface area contributed by atoms with Crippen LogP contribution in [-0.2, 0) is 14.3 Å². The number of amides is 2. The third-order valence-electron chi connectivity index (χ3n) is 4.18. The minimum absolute atomic E-state index is 0.00929. The van der Waals surface area contributed by atoms with Crippen LogP contribution in [0.3, 0.4) is 0 Å². The molecule has 2 fully saturated rings. The molecule has 2 aliphatic heterocycles. The summed E-state index contributed by atoms with van der Waals surface area (Å²) in [5, 5.41) is 3.23. The van der Waals surface area contributed by atoms with Crippen molar-refractivity contribution in [3.05, 3.63) is 0 Å². The van der Waals surface area contributed by atoms with E-state index in [0.717, 1.165) is 39.0 Å². The number of carbonyl (C=O) groups is 2. The van der Waals surface area contributed by atoms with Gasteiger partial charge in [0, 0.05) is 19.3 Å². The molecule has 0 aliphatic carbocycles. The smallest absolute Gasteiger partial charge is 0.247 e. The molecule has 0 aromatic rings. The number of imide groups is 1. The van der Waals surface area contributed by atoms with Gasteiger partial charge in [-0.05, 0) is 38.6 Å². The summed E-state index contributed by atoms with van der Waals surface area (Å²) in [5.41, 5.74) is 0. The first kappa shape index (κ1) is 14.5. The molecule has 0 bridgehead atoms. The molecule has 2 saturated heterocycles. The van der Waals surface area contributed by atoms with Crippen molar-refractivity contribution in [3.8, 4) is 0 Å². The zero-order valence-electron chi connectivity index (χ0n) is 11.9. The lowest BCUT2D eigenvalue weighted by molar-refractivity contribution is -0.141. The van der Waals surface area contributed by atoms with Crippen molar-refractivity contribution in [1.82, 2.24) is 10.2 Å². The molecule has 5 nitrogen and oxygen atoms in total. The molecular formula is C14H24N2O3. The summed E-state index contributed by atoms with van der Waals surface area (Å²) >= 11 is 0. The van der Waals surface area contributed by atoms with Crippen LogP contribution >= 0.6 is 0 Å². The number of carbonyl (C=O) groups excluding carboxylic acids is 2. The van der Waals surface area contributed by atoms with Crippen LogP contribution in [0.5, 0.6) is 0 Å². The third-order valence-corrected chi connectivity index (χ3v) is 4.18. The van der Waals surface area contributed by atoms with Crippen molar-refractivity contribution in [2.45, 2.75) is 51.6 Å². The molecule has 3 atom stereocenters. The van der Waals surface area contributed by atoms with Gasteiger partial charge in [-0.1, -0.05) is 6.92 Å². The molecule has 5 heteroatoms. The van der Waals surface area contributed by atoms with Gasteiger partial charge in [0.05, 0.1) is 12.5 Å². The lowest BCUT2D eigenvalue weighted by atomic mass is 10.1. The standard InChI is InChI=1S/C14H24N2O3/c1-3-10(2)16-13(17)8-12(14(16)18)15-6-4-11-5-7-19-9-11/h10-12,15H,3-9H2,1-2H3. The van der Waals surface area contributed by atoms with Gasteiger partial charge in [0.25, 0.3) is 0 Å². The van der Waals surface area contributed by atoms with E-state index in [0.29, 0.717) is 12.3 Å². The van der Waals surface area contributed by atoms with Gasteiger partial charge in [0.2, 0.25) is 11.8 Å². The van der Waals surface area contributed by atoms with Crippen LogP contribution in [0.1, 0.15) is 39.5 Å². The lowest BCUT2D eigenvalue weighted by Gasteiger charge is -2.21. The molecular weight excluding hydrogens is 244 g/mol. The van der Waals surface area contributed by atoms with E-state index in [1.165, 1.54) is 4.90 Å². The number of likely N-dealkylation sites (tertiary alicyclic amines) is 1. The summed E-state index contributed by atoms with van der Waals surface area (Å²) in [6.07, 6.45) is 3.24. The average Bonchev–Trinajstić information content (AvgIpc) is 2.98. The highest BCUT2D eigenvalue weighted by atomic mass is 16.5. The molecule has 3 unspecified atom stereocenters. The Morgan fingerprint density at radius 3 is 2.89 bits per heavy atom. The molecule has 2 heterocycles.